The zero-order valence-electron chi connectivity index (χ0n) is 16.3. The molecule has 1 amide bonds. The molecule has 0 aliphatic rings. The standard InChI is InChI=1S/C22H20ClN3O4/c1-30-21-8-3-2-6-16(21)15-25(13-11-17-7-4-5-12-24-17)22(27)19-10-9-18(26(28)29)14-20(19)23/h2-10,12,14H,11,13,15H2,1H3. The van der Waals surface area contributed by atoms with Crippen LogP contribution in [0.4, 0.5) is 5.69 Å². The molecule has 3 aromatic rings. The Morgan fingerprint density at radius 2 is 1.93 bits per heavy atom. The number of para-hydroxylation sites is 1. The minimum absolute atomic E-state index is 0.0389. The van der Waals surface area contributed by atoms with Crippen LogP contribution in [0.3, 0.4) is 0 Å². The molecule has 1 aromatic heterocycles. The number of hydrogen-bond donors (Lipinski definition) is 0. The second kappa shape index (κ2) is 9.84. The summed E-state index contributed by atoms with van der Waals surface area (Å²) in [6.07, 6.45) is 2.25. The van der Waals surface area contributed by atoms with Crippen molar-refractivity contribution in [2.24, 2.45) is 0 Å². The van der Waals surface area contributed by atoms with Crippen molar-refractivity contribution in [3.8, 4) is 5.75 Å². The Labute approximate surface area is 179 Å². The predicted octanol–water partition coefficient (Wildman–Crippen LogP) is 4.54. The van der Waals surface area contributed by atoms with Crippen LogP contribution >= 0.6 is 11.6 Å². The summed E-state index contributed by atoms with van der Waals surface area (Å²) in [4.78, 5) is 29.7. The largest absolute Gasteiger partial charge is 0.496 e. The van der Waals surface area contributed by atoms with E-state index in [-0.39, 0.29) is 22.2 Å². The molecule has 3 rings (SSSR count). The second-order valence-corrected chi connectivity index (χ2v) is 6.94. The Morgan fingerprint density at radius 1 is 1.17 bits per heavy atom. The molecule has 30 heavy (non-hydrogen) atoms. The third-order valence-corrected chi connectivity index (χ3v) is 4.91. The van der Waals surface area contributed by atoms with Gasteiger partial charge in [-0.05, 0) is 24.3 Å². The van der Waals surface area contributed by atoms with Gasteiger partial charge in [-0.2, -0.15) is 0 Å². The fourth-order valence-corrected chi connectivity index (χ4v) is 3.30. The van der Waals surface area contributed by atoms with Gasteiger partial charge in [0.15, 0.2) is 0 Å². The number of ether oxygens (including phenoxy) is 1. The number of aromatic nitrogens is 1. The average Bonchev–Trinajstić information content (AvgIpc) is 2.77. The number of pyridine rings is 1. The summed E-state index contributed by atoms with van der Waals surface area (Å²) in [5.74, 6) is 0.347. The number of benzene rings is 2. The van der Waals surface area contributed by atoms with E-state index in [4.69, 9.17) is 16.3 Å². The average molecular weight is 426 g/mol. The van der Waals surface area contributed by atoms with E-state index in [0.717, 1.165) is 11.3 Å². The number of nitro groups is 1. The van der Waals surface area contributed by atoms with Gasteiger partial charge in [-0.3, -0.25) is 19.9 Å². The van der Waals surface area contributed by atoms with Crippen LogP contribution in [-0.2, 0) is 13.0 Å². The Kier molecular flexibility index (Phi) is 6.98. The van der Waals surface area contributed by atoms with Crippen LogP contribution in [0, 0.1) is 10.1 Å². The molecule has 0 spiro atoms. The van der Waals surface area contributed by atoms with Gasteiger partial charge in [-0.25, -0.2) is 0 Å². The summed E-state index contributed by atoms with van der Waals surface area (Å²) in [6.45, 7) is 0.685. The fraction of sp³-hybridized carbons (Fsp3) is 0.182. The molecule has 0 fully saturated rings. The zero-order chi connectivity index (χ0) is 21.5. The summed E-state index contributed by atoms with van der Waals surface area (Å²) < 4.78 is 5.41. The van der Waals surface area contributed by atoms with Crippen molar-refractivity contribution in [2.75, 3.05) is 13.7 Å². The number of nitrogens with zero attached hydrogens (tertiary/aromatic N) is 3. The van der Waals surface area contributed by atoms with Gasteiger partial charge in [0.2, 0.25) is 0 Å². The van der Waals surface area contributed by atoms with E-state index in [2.05, 4.69) is 4.98 Å². The molecule has 0 atom stereocenters. The van der Waals surface area contributed by atoms with Crippen LogP contribution in [0.25, 0.3) is 0 Å². The molecule has 0 unspecified atom stereocenters. The predicted molar refractivity (Wildman–Crippen MR) is 114 cm³/mol. The van der Waals surface area contributed by atoms with Crippen LogP contribution in [-0.4, -0.2) is 34.4 Å². The van der Waals surface area contributed by atoms with Gasteiger partial charge in [0.25, 0.3) is 11.6 Å². The van der Waals surface area contributed by atoms with Crippen LogP contribution in [0.2, 0.25) is 5.02 Å². The summed E-state index contributed by atoms with van der Waals surface area (Å²) in [7, 11) is 1.58. The Balaban J connectivity index is 1.89. The number of nitro benzene ring substituents is 1. The van der Waals surface area contributed by atoms with Gasteiger partial charge >= 0.3 is 0 Å². The van der Waals surface area contributed by atoms with Crippen molar-refractivity contribution in [3.05, 3.63) is 98.8 Å². The summed E-state index contributed by atoms with van der Waals surface area (Å²) in [5, 5.41) is 11.0. The van der Waals surface area contributed by atoms with Gasteiger partial charge in [0, 0.05) is 49.1 Å². The zero-order valence-corrected chi connectivity index (χ0v) is 17.1. The lowest BCUT2D eigenvalue weighted by atomic mass is 10.1. The van der Waals surface area contributed by atoms with Gasteiger partial charge in [0.1, 0.15) is 5.75 Å². The topological polar surface area (TPSA) is 85.6 Å². The molecule has 0 radical (unpaired) electrons. The fourth-order valence-electron chi connectivity index (χ4n) is 3.05. The number of amides is 1. The van der Waals surface area contributed by atoms with Gasteiger partial charge in [0.05, 0.1) is 22.6 Å². The number of hydrogen-bond acceptors (Lipinski definition) is 5. The number of carbonyl (C=O) groups excluding carboxylic acids is 1. The molecule has 8 heteroatoms. The molecule has 0 aliphatic carbocycles. The lowest BCUT2D eigenvalue weighted by Gasteiger charge is -2.24. The van der Waals surface area contributed by atoms with Crippen molar-refractivity contribution in [1.82, 2.24) is 9.88 Å². The first kappa shape index (κ1) is 21.3. The van der Waals surface area contributed by atoms with Crippen LogP contribution in [0.15, 0.2) is 66.9 Å². The molecular weight excluding hydrogens is 406 g/mol. The number of rotatable bonds is 8. The first-order valence-electron chi connectivity index (χ1n) is 9.24. The molecule has 0 aliphatic heterocycles. The highest BCUT2D eigenvalue weighted by Gasteiger charge is 2.22. The smallest absolute Gasteiger partial charge is 0.270 e. The molecule has 1 heterocycles. The molecular formula is C22H20ClN3O4. The van der Waals surface area contributed by atoms with E-state index in [1.165, 1.54) is 18.2 Å². The lowest BCUT2D eigenvalue weighted by Crippen LogP contribution is -2.33. The Hall–Kier alpha value is -3.45. The normalized spacial score (nSPS) is 10.5. The van der Waals surface area contributed by atoms with Crippen LogP contribution in [0.1, 0.15) is 21.6 Å². The highest BCUT2D eigenvalue weighted by molar-refractivity contribution is 6.34. The highest BCUT2D eigenvalue weighted by atomic mass is 35.5. The summed E-state index contributed by atoms with van der Waals surface area (Å²) in [6, 6.07) is 16.9. The molecule has 2 aromatic carbocycles. The Bertz CT molecular complexity index is 1040. The molecule has 0 bridgehead atoms. The van der Waals surface area contributed by atoms with Crippen molar-refractivity contribution >= 4 is 23.2 Å². The van der Waals surface area contributed by atoms with Crippen molar-refractivity contribution in [1.29, 1.82) is 0 Å². The first-order chi connectivity index (χ1) is 14.5. The summed E-state index contributed by atoms with van der Waals surface area (Å²) >= 11 is 6.20. The monoisotopic (exact) mass is 425 g/mol. The lowest BCUT2D eigenvalue weighted by molar-refractivity contribution is -0.384. The van der Waals surface area contributed by atoms with Crippen molar-refractivity contribution in [2.45, 2.75) is 13.0 Å². The Morgan fingerprint density at radius 3 is 2.60 bits per heavy atom. The molecule has 7 nitrogen and oxygen atoms in total. The van der Waals surface area contributed by atoms with Crippen molar-refractivity contribution < 1.29 is 14.5 Å². The molecule has 0 saturated carbocycles. The van der Waals surface area contributed by atoms with E-state index < -0.39 is 4.92 Å². The number of carbonyl (C=O) groups is 1. The van der Waals surface area contributed by atoms with Crippen molar-refractivity contribution in [3.63, 3.8) is 0 Å². The number of non-ortho nitro benzene ring substituents is 1. The van der Waals surface area contributed by atoms with E-state index >= 15 is 0 Å². The van der Waals surface area contributed by atoms with E-state index in [0.29, 0.717) is 25.3 Å². The van der Waals surface area contributed by atoms with E-state index in [1.54, 1.807) is 18.2 Å². The van der Waals surface area contributed by atoms with E-state index in [1.807, 2.05) is 42.5 Å². The van der Waals surface area contributed by atoms with Gasteiger partial charge in [-0.15, -0.1) is 0 Å². The minimum atomic E-state index is -0.548. The molecule has 0 saturated heterocycles. The maximum atomic E-state index is 13.3. The van der Waals surface area contributed by atoms with E-state index in [9.17, 15) is 14.9 Å². The second-order valence-electron chi connectivity index (χ2n) is 6.53. The number of methoxy groups -OCH3 is 1. The van der Waals surface area contributed by atoms with Gasteiger partial charge < -0.3 is 9.64 Å². The maximum absolute atomic E-state index is 13.3. The van der Waals surface area contributed by atoms with Crippen LogP contribution in [0.5, 0.6) is 5.75 Å². The third kappa shape index (κ3) is 5.12. The number of halogens is 1. The first-order valence-corrected chi connectivity index (χ1v) is 9.62. The minimum Gasteiger partial charge on any atom is -0.496 e. The third-order valence-electron chi connectivity index (χ3n) is 4.60. The molecule has 0 N–H and O–H groups in total. The maximum Gasteiger partial charge on any atom is 0.270 e. The summed E-state index contributed by atoms with van der Waals surface area (Å²) in [5.41, 5.74) is 1.73. The quantitative estimate of drug-likeness (QED) is 0.390. The molecule has 154 valence electrons. The highest BCUT2D eigenvalue weighted by Crippen LogP contribution is 2.26. The SMILES string of the molecule is COc1ccccc1CN(CCc1ccccn1)C(=O)c1ccc([N+](=O)[O-])cc1Cl. The van der Waals surface area contributed by atoms with Crippen LogP contribution < -0.4 is 4.74 Å². The van der Waals surface area contributed by atoms with Gasteiger partial charge in [-0.1, -0.05) is 35.9 Å².